The molecule has 3 atom stereocenters. The summed E-state index contributed by atoms with van der Waals surface area (Å²) in [5.74, 6) is -3.04. The van der Waals surface area contributed by atoms with E-state index in [9.17, 15) is 34.5 Å². The number of methoxy groups -OCH3 is 1. The first-order chi connectivity index (χ1) is 18.0. The average Bonchev–Trinajstić information content (AvgIpc) is 2.84. The first-order valence-corrected chi connectivity index (χ1v) is 12.5. The minimum Gasteiger partial charge on any atom is -0.507 e. The van der Waals surface area contributed by atoms with Crippen LogP contribution in [0.5, 0.6) is 5.75 Å². The number of fused-ring (bicyclic) bond motifs is 1. The molecule has 10 heteroatoms. The first kappa shape index (κ1) is 33.4. The zero-order valence-electron chi connectivity index (χ0n) is 22.6. The summed E-state index contributed by atoms with van der Waals surface area (Å²) in [6.07, 6.45) is 0.929. The van der Waals surface area contributed by atoms with Crippen LogP contribution in [0.25, 0.3) is 11.1 Å². The van der Waals surface area contributed by atoms with Crippen LogP contribution in [0, 0.1) is 24.7 Å². The van der Waals surface area contributed by atoms with Crippen LogP contribution >= 0.6 is 0 Å². The maximum Gasteiger partial charge on any atom is 0.302 e. The lowest BCUT2D eigenvalue weighted by Gasteiger charge is -2.31. The van der Waals surface area contributed by atoms with Crippen LogP contribution in [0.2, 0.25) is 0 Å². The number of nitrogens with two attached hydrogens (primary N) is 1. The Hall–Kier alpha value is -3.60. The minimum absolute atomic E-state index is 0. The van der Waals surface area contributed by atoms with E-state index < -0.39 is 36.6 Å². The SMILES string of the molecule is COC(C)=O.Cc1cccc(-c2ccc(O)c3c2CC(CC(CCO)C(CO)C(=O)CC(N)=O)CC3=O)c1.O.[HH].[HH]. The van der Waals surface area contributed by atoms with Crippen LogP contribution in [-0.4, -0.2) is 64.6 Å². The molecule has 1 aliphatic carbocycles. The smallest absolute Gasteiger partial charge is 0.302 e. The van der Waals surface area contributed by atoms with Crippen molar-refractivity contribution in [2.24, 2.45) is 23.5 Å². The summed E-state index contributed by atoms with van der Waals surface area (Å²) < 4.78 is 4.11. The van der Waals surface area contributed by atoms with E-state index in [1.54, 1.807) is 6.07 Å². The normalized spacial score (nSPS) is 15.5. The van der Waals surface area contributed by atoms with Crippen LogP contribution in [0.15, 0.2) is 36.4 Å². The number of Topliss-reactive ketones (excluding diaryl/α,β-unsaturated/α-hetero) is 2. The molecule has 0 fully saturated rings. The molecule has 7 N–H and O–H groups in total. The zero-order valence-corrected chi connectivity index (χ0v) is 22.6. The van der Waals surface area contributed by atoms with Gasteiger partial charge in [-0.25, -0.2) is 0 Å². The van der Waals surface area contributed by atoms with Gasteiger partial charge in [-0.05, 0) is 60.8 Å². The number of esters is 1. The third-order valence-corrected chi connectivity index (χ3v) is 6.82. The number of carbonyl (C=O) groups is 4. The second-order valence-electron chi connectivity index (χ2n) is 9.65. The summed E-state index contributed by atoms with van der Waals surface area (Å²) in [6, 6.07) is 11.3. The third kappa shape index (κ3) is 9.27. The van der Waals surface area contributed by atoms with Gasteiger partial charge in [-0.3, -0.25) is 19.2 Å². The number of aliphatic hydroxyl groups excluding tert-OH is 2. The van der Waals surface area contributed by atoms with Crippen molar-refractivity contribution in [1.29, 1.82) is 0 Å². The van der Waals surface area contributed by atoms with Gasteiger partial charge in [-0.2, -0.15) is 0 Å². The van der Waals surface area contributed by atoms with Gasteiger partial charge in [-0.15, -0.1) is 0 Å². The van der Waals surface area contributed by atoms with Gasteiger partial charge in [0.2, 0.25) is 5.91 Å². The number of carbonyl (C=O) groups excluding carboxylic acids is 4. The Morgan fingerprint density at radius 1 is 1.15 bits per heavy atom. The minimum atomic E-state index is -0.832. The van der Waals surface area contributed by atoms with Crippen LogP contribution in [-0.2, 0) is 25.5 Å². The molecule has 1 amide bonds. The fourth-order valence-electron chi connectivity index (χ4n) is 5.03. The molecule has 0 saturated carbocycles. The second kappa shape index (κ2) is 15.7. The van der Waals surface area contributed by atoms with Crippen LogP contribution in [0.3, 0.4) is 0 Å². The molecule has 0 heterocycles. The molecule has 3 rings (SSSR count). The topological polar surface area (TPSA) is 196 Å². The van der Waals surface area contributed by atoms with Crippen LogP contribution in [0.4, 0.5) is 0 Å². The van der Waals surface area contributed by atoms with E-state index in [1.165, 1.54) is 14.0 Å². The lowest BCUT2D eigenvalue weighted by molar-refractivity contribution is -0.138. The highest BCUT2D eigenvalue weighted by molar-refractivity contribution is 6.03. The molecule has 10 nitrogen and oxygen atoms in total. The predicted molar refractivity (Wildman–Crippen MR) is 149 cm³/mol. The second-order valence-corrected chi connectivity index (χ2v) is 9.65. The van der Waals surface area contributed by atoms with Crippen molar-refractivity contribution in [2.45, 2.75) is 46.0 Å². The van der Waals surface area contributed by atoms with Crippen LogP contribution in [0.1, 0.15) is 56.9 Å². The number of aliphatic hydroxyl groups is 2. The molecule has 0 radical (unpaired) electrons. The number of aryl methyl sites for hydroxylation is 1. The van der Waals surface area contributed by atoms with Gasteiger partial charge < -0.3 is 31.3 Å². The molecule has 2 aromatic rings. The zero-order chi connectivity index (χ0) is 28.4. The number of primary amides is 1. The number of ketones is 2. The fraction of sp³-hybridized carbons (Fsp3) is 0.448. The van der Waals surface area contributed by atoms with E-state index in [4.69, 9.17) is 5.73 Å². The van der Waals surface area contributed by atoms with Crippen molar-refractivity contribution in [2.75, 3.05) is 20.3 Å². The lowest BCUT2D eigenvalue weighted by atomic mass is 9.72. The Bertz CT molecular complexity index is 1170. The van der Waals surface area contributed by atoms with E-state index >= 15 is 0 Å². The summed E-state index contributed by atoms with van der Waals surface area (Å²) >= 11 is 0. The van der Waals surface area contributed by atoms with Crippen molar-refractivity contribution in [3.63, 3.8) is 0 Å². The maximum absolute atomic E-state index is 13.0. The van der Waals surface area contributed by atoms with Gasteiger partial charge >= 0.3 is 5.97 Å². The standard InChI is InChI=1S/C26H31NO6.C3H6O2.H2O.2H2/c1-15-3-2-4-17(9-15)19-5-6-22(30)26-20(19)11-16(12-24(26)32)10-18(7-8-28)21(14-29)23(31)13-25(27)33;1-3(4)5-2;;;/h2-6,9,16,18,21,28-30H,7-8,10-14H2,1H3,(H2,27,33);1-2H3;1H2;2*1H. The van der Waals surface area contributed by atoms with Gasteiger partial charge in [-0.1, -0.05) is 35.9 Å². The molecule has 0 aliphatic heterocycles. The number of benzene rings is 2. The van der Waals surface area contributed by atoms with Crippen molar-refractivity contribution < 1.29 is 47.6 Å². The Labute approximate surface area is 231 Å². The van der Waals surface area contributed by atoms with Gasteiger partial charge in [0, 0.05) is 28.7 Å². The highest BCUT2D eigenvalue weighted by Gasteiger charge is 2.35. The molecule has 218 valence electrons. The van der Waals surface area contributed by atoms with Crippen molar-refractivity contribution >= 4 is 23.4 Å². The summed E-state index contributed by atoms with van der Waals surface area (Å²) in [5, 5.41) is 29.8. The van der Waals surface area contributed by atoms with E-state index in [-0.39, 0.29) is 51.2 Å². The Morgan fingerprint density at radius 2 is 1.82 bits per heavy atom. The summed E-state index contributed by atoms with van der Waals surface area (Å²) in [6.45, 7) is 2.71. The highest BCUT2D eigenvalue weighted by Crippen LogP contribution is 2.41. The highest BCUT2D eigenvalue weighted by atomic mass is 16.5. The number of ether oxygens (including phenoxy) is 1. The third-order valence-electron chi connectivity index (χ3n) is 6.82. The van der Waals surface area contributed by atoms with Gasteiger partial charge in [0.25, 0.3) is 0 Å². The van der Waals surface area contributed by atoms with Gasteiger partial charge in [0.15, 0.2) is 5.78 Å². The number of hydrogen-bond acceptors (Lipinski definition) is 8. The number of phenolic OH excluding ortho intramolecular Hbond substituents is 1. The summed E-state index contributed by atoms with van der Waals surface area (Å²) in [7, 11) is 1.35. The Balaban J connectivity index is 0. The molecule has 0 saturated heterocycles. The number of rotatable bonds is 10. The van der Waals surface area contributed by atoms with E-state index in [1.807, 2.05) is 37.3 Å². The van der Waals surface area contributed by atoms with Gasteiger partial charge in [0.1, 0.15) is 11.5 Å². The summed E-state index contributed by atoms with van der Waals surface area (Å²) in [5.41, 5.74) is 9.18. The van der Waals surface area contributed by atoms with Gasteiger partial charge in [0.05, 0.1) is 25.7 Å². The molecule has 39 heavy (non-hydrogen) atoms. The van der Waals surface area contributed by atoms with Crippen molar-refractivity contribution in [3.8, 4) is 16.9 Å². The Morgan fingerprint density at radius 3 is 2.36 bits per heavy atom. The average molecular weight is 550 g/mol. The molecular formula is C29H43NO9. The molecule has 0 bridgehead atoms. The number of aromatic hydroxyl groups is 1. The van der Waals surface area contributed by atoms with Crippen molar-refractivity contribution in [3.05, 3.63) is 53.1 Å². The van der Waals surface area contributed by atoms with E-state index in [2.05, 4.69) is 4.74 Å². The molecule has 0 spiro atoms. The van der Waals surface area contributed by atoms with Crippen molar-refractivity contribution in [1.82, 2.24) is 0 Å². The van der Waals surface area contributed by atoms with E-state index in [0.29, 0.717) is 18.4 Å². The molecular weight excluding hydrogens is 506 g/mol. The monoisotopic (exact) mass is 549 g/mol. The van der Waals surface area contributed by atoms with Crippen LogP contribution < -0.4 is 5.73 Å². The van der Waals surface area contributed by atoms with E-state index in [0.717, 1.165) is 22.3 Å². The molecule has 3 unspecified atom stereocenters. The number of hydrogen-bond donors (Lipinski definition) is 4. The number of amides is 1. The molecule has 0 aromatic heterocycles. The number of phenols is 1. The predicted octanol–water partition coefficient (Wildman–Crippen LogP) is 2.40. The summed E-state index contributed by atoms with van der Waals surface area (Å²) in [4.78, 5) is 46.3. The lowest BCUT2D eigenvalue weighted by Crippen LogP contribution is -2.33. The molecule has 1 aliphatic rings. The largest absolute Gasteiger partial charge is 0.507 e. The first-order valence-electron chi connectivity index (χ1n) is 12.5. The Kier molecular flexibility index (Phi) is 13.5. The maximum atomic E-state index is 13.0. The quantitative estimate of drug-likeness (QED) is 0.256. The fourth-order valence-corrected chi connectivity index (χ4v) is 5.03. The molecule has 2 aromatic carbocycles.